The number of benzene rings is 3. The number of para-hydroxylation sites is 1. The maximum absolute atomic E-state index is 12.2. The molecule has 168 valence electrons. The van der Waals surface area contributed by atoms with Gasteiger partial charge in [-0.2, -0.15) is 0 Å². The first-order valence-corrected chi connectivity index (χ1v) is 11.9. The van der Waals surface area contributed by atoms with Crippen LogP contribution in [0.5, 0.6) is 0 Å². The Morgan fingerprint density at radius 2 is 1.73 bits per heavy atom. The predicted molar refractivity (Wildman–Crippen MR) is 136 cm³/mol. The molecule has 0 unspecified atom stereocenters. The van der Waals surface area contributed by atoms with Gasteiger partial charge >= 0.3 is 5.97 Å². The van der Waals surface area contributed by atoms with Crippen molar-refractivity contribution in [2.24, 2.45) is 0 Å². The zero-order valence-corrected chi connectivity index (χ0v) is 20.2. The number of ether oxygens (including phenoxy) is 1. The second-order valence-electron chi connectivity index (χ2n) is 7.68. The van der Waals surface area contributed by atoms with Crippen LogP contribution in [0.3, 0.4) is 0 Å². The van der Waals surface area contributed by atoms with E-state index in [2.05, 4.69) is 33.0 Å². The van der Waals surface area contributed by atoms with Crippen LogP contribution in [0.1, 0.15) is 18.9 Å². The van der Waals surface area contributed by atoms with Crippen LogP contribution >= 0.6 is 15.9 Å². The largest absolute Gasteiger partial charge is 0.466 e. The van der Waals surface area contributed by atoms with Crippen LogP contribution in [0.15, 0.2) is 83.3 Å². The third kappa shape index (κ3) is 5.96. The minimum atomic E-state index is -0.201. The Morgan fingerprint density at radius 3 is 2.52 bits per heavy atom. The summed E-state index contributed by atoms with van der Waals surface area (Å²) in [6.45, 7) is 3.45. The van der Waals surface area contributed by atoms with Gasteiger partial charge in [-0.1, -0.05) is 70.5 Å². The number of fused-ring (bicyclic) bond motifs is 1. The Hall–Kier alpha value is -3.25. The number of hydrogen-bond acceptors (Lipinski definition) is 5. The average Bonchev–Trinajstić information content (AvgIpc) is 2.84. The first-order valence-electron chi connectivity index (χ1n) is 11.1. The molecule has 33 heavy (non-hydrogen) atoms. The molecule has 0 amide bonds. The van der Waals surface area contributed by atoms with Crippen molar-refractivity contribution in [2.75, 3.05) is 24.6 Å². The Morgan fingerprint density at radius 1 is 0.939 bits per heavy atom. The van der Waals surface area contributed by atoms with Crippen molar-refractivity contribution < 1.29 is 9.53 Å². The van der Waals surface area contributed by atoms with E-state index in [0.717, 1.165) is 39.7 Å². The van der Waals surface area contributed by atoms with E-state index in [-0.39, 0.29) is 5.97 Å². The molecule has 0 aliphatic carbocycles. The lowest BCUT2D eigenvalue weighted by Crippen LogP contribution is -2.30. The van der Waals surface area contributed by atoms with Crippen molar-refractivity contribution in [3.05, 3.63) is 88.9 Å². The van der Waals surface area contributed by atoms with Crippen LogP contribution in [0.2, 0.25) is 0 Å². The van der Waals surface area contributed by atoms with E-state index in [4.69, 9.17) is 14.7 Å². The van der Waals surface area contributed by atoms with Crippen LogP contribution in [0, 0.1) is 0 Å². The standard InChI is InChI=1S/C27H26BrN3O2/c1-2-33-25(32)16-18-31(17-15-20-9-4-3-5-10-20)27-23-13-6-7-14-24(23)29-26(30-27)21-11-8-12-22(28)19-21/h3-14,19H,2,15-18H2,1H3. The van der Waals surface area contributed by atoms with E-state index in [9.17, 15) is 4.79 Å². The minimum Gasteiger partial charge on any atom is -0.466 e. The van der Waals surface area contributed by atoms with Gasteiger partial charge in [0.1, 0.15) is 5.82 Å². The third-order valence-corrected chi connectivity index (χ3v) is 5.86. The fourth-order valence-electron chi connectivity index (χ4n) is 3.75. The maximum Gasteiger partial charge on any atom is 0.307 e. The van der Waals surface area contributed by atoms with E-state index >= 15 is 0 Å². The van der Waals surface area contributed by atoms with Crippen molar-refractivity contribution in [1.29, 1.82) is 0 Å². The number of halogens is 1. The highest BCUT2D eigenvalue weighted by atomic mass is 79.9. The fraction of sp³-hybridized carbons (Fsp3) is 0.222. The first kappa shape index (κ1) is 22.9. The van der Waals surface area contributed by atoms with Gasteiger partial charge in [-0.15, -0.1) is 0 Å². The van der Waals surface area contributed by atoms with Gasteiger partial charge < -0.3 is 9.64 Å². The van der Waals surface area contributed by atoms with E-state index in [1.165, 1.54) is 5.56 Å². The van der Waals surface area contributed by atoms with Crippen molar-refractivity contribution >= 4 is 38.6 Å². The summed E-state index contributed by atoms with van der Waals surface area (Å²) in [5.41, 5.74) is 3.05. The molecule has 1 aromatic heterocycles. The number of carbonyl (C=O) groups excluding carboxylic acids is 1. The minimum absolute atomic E-state index is 0.201. The van der Waals surface area contributed by atoms with E-state index in [0.29, 0.717) is 25.4 Å². The third-order valence-electron chi connectivity index (χ3n) is 5.37. The predicted octanol–water partition coefficient (Wildman–Crippen LogP) is 6.06. The van der Waals surface area contributed by atoms with Crippen molar-refractivity contribution in [3.63, 3.8) is 0 Å². The van der Waals surface area contributed by atoms with Gasteiger partial charge in [-0.3, -0.25) is 4.79 Å². The average molecular weight is 504 g/mol. The van der Waals surface area contributed by atoms with Crippen LogP contribution < -0.4 is 4.90 Å². The van der Waals surface area contributed by atoms with E-state index in [1.54, 1.807) is 0 Å². The molecule has 0 saturated carbocycles. The van der Waals surface area contributed by atoms with Gasteiger partial charge in [0.15, 0.2) is 5.82 Å². The molecule has 0 bridgehead atoms. The summed E-state index contributed by atoms with van der Waals surface area (Å²) in [5.74, 6) is 1.29. The van der Waals surface area contributed by atoms with Crippen LogP contribution in [-0.2, 0) is 16.0 Å². The van der Waals surface area contributed by atoms with Crippen LogP contribution in [0.25, 0.3) is 22.3 Å². The molecule has 4 aromatic rings. The highest BCUT2D eigenvalue weighted by Gasteiger charge is 2.17. The lowest BCUT2D eigenvalue weighted by atomic mass is 10.1. The Labute approximate surface area is 202 Å². The molecule has 0 spiro atoms. The molecule has 0 radical (unpaired) electrons. The van der Waals surface area contributed by atoms with E-state index in [1.807, 2.05) is 73.7 Å². The molecule has 4 rings (SSSR count). The van der Waals surface area contributed by atoms with Gasteiger partial charge in [0, 0.05) is 28.5 Å². The lowest BCUT2D eigenvalue weighted by molar-refractivity contribution is -0.142. The normalized spacial score (nSPS) is 10.8. The van der Waals surface area contributed by atoms with E-state index < -0.39 is 0 Å². The SMILES string of the molecule is CCOC(=O)CCN(CCc1ccccc1)c1nc(-c2cccc(Br)c2)nc2ccccc12. The molecule has 0 atom stereocenters. The topological polar surface area (TPSA) is 55.3 Å². The summed E-state index contributed by atoms with van der Waals surface area (Å²) in [6, 6.07) is 26.3. The highest BCUT2D eigenvalue weighted by Crippen LogP contribution is 2.29. The second kappa shape index (κ2) is 11.1. The molecule has 0 N–H and O–H groups in total. The molecule has 5 nitrogen and oxygen atoms in total. The van der Waals surface area contributed by atoms with Gasteiger partial charge in [-0.05, 0) is 43.2 Å². The van der Waals surface area contributed by atoms with Crippen molar-refractivity contribution in [2.45, 2.75) is 19.8 Å². The van der Waals surface area contributed by atoms with Crippen molar-refractivity contribution in [3.8, 4) is 11.4 Å². The molecular formula is C27H26BrN3O2. The summed E-state index contributed by atoms with van der Waals surface area (Å²) < 4.78 is 6.15. The molecule has 0 saturated heterocycles. The Kier molecular flexibility index (Phi) is 7.68. The lowest BCUT2D eigenvalue weighted by Gasteiger charge is -2.25. The second-order valence-corrected chi connectivity index (χ2v) is 8.59. The smallest absolute Gasteiger partial charge is 0.307 e. The van der Waals surface area contributed by atoms with Crippen LogP contribution in [-0.4, -0.2) is 35.6 Å². The fourth-order valence-corrected chi connectivity index (χ4v) is 4.15. The number of carbonyl (C=O) groups is 1. The monoisotopic (exact) mass is 503 g/mol. The van der Waals surface area contributed by atoms with Gasteiger partial charge in [0.2, 0.25) is 0 Å². The maximum atomic E-state index is 12.2. The summed E-state index contributed by atoms with van der Waals surface area (Å²) >= 11 is 3.55. The highest BCUT2D eigenvalue weighted by molar-refractivity contribution is 9.10. The number of nitrogens with zero attached hydrogens (tertiary/aromatic N) is 3. The number of esters is 1. The van der Waals surface area contributed by atoms with Gasteiger partial charge in [0.05, 0.1) is 18.5 Å². The molecule has 3 aromatic carbocycles. The van der Waals surface area contributed by atoms with Gasteiger partial charge in [-0.25, -0.2) is 9.97 Å². The number of anilines is 1. The summed E-state index contributed by atoms with van der Waals surface area (Å²) in [4.78, 5) is 24.1. The molecule has 6 heteroatoms. The van der Waals surface area contributed by atoms with Gasteiger partial charge in [0.25, 0.3) is 0 Å². The first-order chi connectivity index (χ1) is 16.1. The molecule has 0 aliphatic rings. The summed E-state index contributed by atoms with van der Waals surface area (Å²) in [7, 11) is 0. The summed E-state index contributed by atoms with van der Waals surface area (Å²) in [6.07, 6.45) is 1.14. The Balaban J connectivity index is 1.73. The molecular weight excluding hydrogens is 478 g/mol. The summed E-state index contributed by atoms with van der Waals surface area (Å²) in [5, 5.41) is 0.966. The zero-order chi connectivity index (χ0) is 23.0. The quantitative estimate of drug-likeness (QED) is 0.259. The zero-order valence-electron chi connectivity index (χ0n) is 18.6. The molecule has 0 fully saturated rings. The molecule has 0 aliphatic heterocycles. The number of aromatic nitrogens is 2. The Bertz CT molecular complexity index is 1230. The number of rotatable bonds is 9. The molecule has 1 heterocycles. The van der Waals surface area contributed by atoms with Crippen molar-refractivity contribution in [1.82, 2.24) is 9.97 Å². The van der Waals surface area contributed by atoms with Crippen LogP contribution in [0.4, 0.5) is 5.82 Å². The number of hydrogen-bond donors (Lipinski definition) is 0.